The van der Waals surface area contributed by atoms with Crippen molar-refractivity contribution in [2.45, 2.75) is 50.2 Å². The van der Waals surface area contributed by atoms with E-state index in [0.717, 1.165) is 11.1 Å². The third-order valence-corrected chi connectivity index (χ3v) is 6.55. The number of carbonyl (C=O) groups is 1. The molecule has 3 heterocycles. The lowest BCUT2D eigenvalue weighted by Crippen LogP contribution is -2.38. The zero-order valence-corrected chi connectivity index (χ0v) is 19.2. The van der Waals surface area contributed by atoms with Crippen molar-refractivity contribution in [1.82, 2.24) is 24.8 Å². The molecule has 0 bridgehead atoms. The van der Waals surface area contributed by atoms with Gasteiger partial charge in [-0.15, -0.1) is 0 Å². The summed E-state index contributed by atoms with van der Waals surface area (Å²) in [4.78, 5) is 24.1. The number of fused-ring (bicyclic) bond motifs is 2. The minimum absolute atomic E-state index is 0.128. The Morgan fingerprint density at radius 1 is 1.26 bits per heavy atom. The first-order chi connectivity index (χ1) is 16.6. The number of amides is 1. The van der Waals surface area contributed by atoms with Crippen LogP contribution in [-0.2, 0) is 37.1 Å². The third-order valence-electron chi connectivity index (χ3n) is 6.07. The highest BCUT2D eigenvalue weighted by Crippen LogP contribution is 2.55. The highest BCUT2D eigenvalue weighted by atomic mass is 32.2. The van der Waals surface area contributed by atoms with Crippen molar-refractivity contribution in [3.8, 4) is 0 Å². The van der Waals surface area contributed by atoms with E-state index in [1.165, 1.54) is 24.1 Å². The maximum absolute atomic E-state index is 11.3. The molecular weight excluding hydrogens is 482 g/mol. The highest BCUT2D eigenvalue weighted by Gasteiger charge is 2.79. The van der Waals surface area contributed by atoms with Crippen molar-refractivity contribution in [3.63, 3.8) is 0 Å². The van der Waals surface area contributed by atoms with Crippen LogP contribution in [0.4, 0.5) is 5.82 Å². The summed E-state index contributed by atoms with van der Waals surface area (Å²) in [5.74, 6) is 0.298. The van der Waals surface area contributed by atoms with E-state index < -0.39 is 40.4 Å². The quantitative estimate of drug-likeness (QED) is 0.242. The van der Waals surface area contributed by atoms with E-state index >= 15 is 0 Å². The smallest absolute Gasteiger partial charge is 0.333 e. The predicted octanol–water partition coefficient (Wildman–Crippen LogP) is -1.33. The molecule has 3 aromatic rings. The number of anilines is 1. The molecule has 1 aromatic carbocycles. The molecule has 1 aliphatic carbocycles. The lowest BCUT2D eigenvalue weighted by atomic mass is 10.1. The van der Waals surface area contributed by atoms with Gasteiger partial charge in [0.25, 0.3) is 0 Å². The second kappa shape index (κ2) is 8.47. The minimum atomic E-state index is -4.34. The van der Waals surface area contributed by atoms with Gasteiger partial charge in [0, 0.05) is 20.0 Å². The molecule has 1 amide bonds. The van der Waals surface area contributed by atoms with Gasteiger partial charge in [0.05, 0.1) is 6.33 Å². The molecule has 1 saturated heterocycles. The van der Waals surface area contributed by atoms with E-state index in [4.69, 9.17) is 9.88 Å². The van der Waals surface area contributed by atoms with Gasteiger partial charge in [0.2, 0.25) is 5.91 Å². The van der Waals surface area contributed by atoms with Crippen LogP contribution in [0.5, 0.6) is 0 Å². The van der Waals surface area contributed by atoms with Crippen molar-refractivity contribution in [3.05, 3.63) is 48.0 Å². The summed E-state index contributed by atoms with van der Waals surface area (Å²) in [6.07, 6.45) is -2.30. The Balaban J connectivity index is 1.34. The summed E-state index contributed by atoms with van der Waals surface area (Å²) in [6, 6.07) is 7.62. The van der Waals surface area contributed by atoms with Gasteiger partial charge in [-0.05, 0) is 11.1 Å². The summed E-state index contributed by atoms with van der Waals surface area (Å²) in [5.41, 5.74) is 0.682. The number of benzene rings is 1. The molecule has 2 fully saturated rings. The Labute approximate surface area is 199 Å². The maximum atomic E-state index is 11.3. The lowest BCUT2D eigenvalue weighted by Gasteiger charge is -2.23. The van der Waals surface area contributed by atoms with E-state index in [9.17, 15) is 23.4 Å². The molecule has 5 rings (SSSR count). The van der Waals surface area contributed by atoms with Crippen molar-refractivity contribution in [2.75, 3.05) is 5.32 Å². The Kier molecular flexibility index (Phi) is 5.70. The standard InChI is InChI=1S/C20H23N7O7S/c1-10(28)22-6-11-4-2-3-5-12(11)7-23-17-13-18(25-8-24-17)27(9-26-13)19-14(29)20(30)15(33-19)16(20)34-35(21,31)32/h2-5,8-9,14-16,19,29-30H,6-7H2,1H3,(H,22,28)(H2,21,31,32)(H,23,24,25)/t14-,15+,16?,19+,20-/m0/s1. The van der Waals surface area contributed by atoms with Crippen molar-refractivity contribution in [2.24, 2.45) is 5.14 Å². The zero-order chi connectivity index (χ0) is 25.0. The third kappa shape index (κ3) is 4.22. The first kappa shape index (κ1) is 23.5. The molecule has 186 valence electrons. The summed E-state index contributed by atoms with van der Waals surface area (Å²) < 4.78 is 34.1. The average Bonchev–Trinajstić information content (AvgIpc) is 3.09. The fourth-order valence-corrected chi connectivity index (χ4v) is 4.80. The monoisotopic (exact) mass is 505 g/mol. The SMILES string of the molecule is CC(=O)NCc1ccccc1CNc1ncnc2c1ncn2[C@@H]1O[C@@H]2C(OS(N)(=O)=O)[C@]2(O)[C@H]1O. The number of rotatable bonds is 8. The molecule has 15 heteroatoms. The number of nitrogens with zero attached hydrogens (tertiary/aromatic N) is 4. The molecule has 0 radical (unpaired) electrons. The second-order valence-electron chi connectivity index (χ2n) is 8.37. The Bertz CT molecular complexity index is 1400. The van der Waals surface area contributed by atoms with Crippen LogP contribution in [0.3, 0.4) is 0 Å². The normalized spacial score (nSPS) is 27.5. The largest absolute Gasteiger partial charge is 0.385 e. The van der Waals surface area contributed by atoms with E-state index in [-0.39, 0.29) is 5.91 Å². The number of carbonyl (C=O) groups excluding carboxylic acids is 1. The van der Waals surface area contributed by atoms with E-state index in [1.54, 1.807) is 0 Å². The summed E-state index contributed by atoms with van der Waals surface area (Å²) in [7, 11) is -4.34. The number of nitrogens with one attached hydrogen (secondary N) is 2. The number of hydrogen-bond acceptors (Lipinski definition) is 11. The number of imidazole rings is 1. The fourth-order valence-electron chi connectivity index (χ4n) is 4.26. The van der Waals surface area contributed by atoms with Crippen LogP contribution in [0.2, 0.25) is 0 Å². The van der Waals surface area contributed by atoms with Gasteiger partial charge in [-0.1, -0.05) is 24.3 Å². The molecule has 6 N–H and O–H groups in total. The molecule has 35 heavy (non-hydrogen) atoms. The molecule has 2 aromatic heterocycles. The number of aliphatic hydroxyl groups is 2. The number of hydrogen-bond donors (Lipinski definition) is 5. The zero-order valence-electron chi connectivity index (χ0n) is 18.4. The fraction of sp³-hybridized carbons (Fsp3) is 0.400. The Hall–Kier alpha value is -3.21. The van der Waals surface area contributed by atoms with Crippen molar-refractivity contribution in [1.29, 1.82) is 0 Å². The minimum Gasteiger partial charge on any atom is -0.385 e. The summed E-state index contributed by atoms with van der Waals surface area (Å²) in [5, 5.41) is 32.2. The van der Waals surface area contributed by atoms with Crippen LogP contribution >= 0.6 is 0 Å². The molecule has 1 unspecified atom stereocenters. The van der Waals surface area contributed by atoms with Crippen LogP contribution in [0.25, 0.3) is 11.2 Å². The van der Waals surface area contributed by atoms with Crippen LogP contribution < -0.4 is 15.8 Å². The molecule has 0 spiro atoms. The average molecular weight is 506 g/mol. The number of aromatic nitrogens is 4. The molecule has 5 atom stereocenters. The number of nitrogens with two attached hydrogens (primary N) is 1. The first-order valence-electron chi connectivity index (χ1n) is 10.6. The topological polar surface area (TPSA) is 204 Å². The lowest BCUT2D eigenvalue weighted by molar-refractivity contribution is -0.119. The van der Waals surface area contributed by atoms with Gasteiger partial charge < -0.3 is 25.6 Å². The number of aliphatic hydroxyl groups excluding tert-OH is 1. The van der Waals surface area contributed by atoms with Gasteiger partial charge in [-0.2, -0.15) is 8.42 Å². The van der Waals surface area contributed by atoms with Gasteiger partial charge in [-0.3, -0.25) is 9.36 Å². The maximum Gasteiger partial charge on any atom is 0.333 e. The van der Waals surface area contributed by atoms with Crippen LogP contribution in [0, 0.1) is 0 Å². The van der Waals surface area contributed by atoms with Crippen LogP contribution in [0.15, 0.2) is 36.9 Å². The molecule has 1 saturated carbocycles. The number of ether oxygens (including phenoxy) is 1. The summed E-state index contributed by atoms with van der Waals surface area (Å²) >= 11 is 0. The Morgan fingerprint density at radius 2 is 1.97 bits per heavy atom. The van der Waals surface area contributed by atoms with Gasteiger partial charge in [0.15, 0.2) is 28.8 Å². The molecule has 14 nitrogen and oxygen atoms in total. The van der Waals surface area contributed by atoms with Crippen LogP contribution in [0.1, 0.15) is 24.3 Å². The van der Waals surface area contributed by atoms with Crippen molar-refractivity contribution >= 4 is 33.2 Å². The molecule has 2 aliphatic rings. The Morgan fingerprint density at radius 3 is 2.60 bits per heavy atom. The van der Waals surface area contributed by atoms with E-state index in [2.05, 4.69) is 29.8 Å². The second-order valence-corrected chi connectivity index (χ2v) is 9.55. The molecular formula is C20H23N7O7S. The van der Waals surface area contributed by atoms with Gasteiger partial charge in [0.1, 0.15) is 24.6 Å². The van der Waals surface area contributed by atoms with E-state index in [0.29, 0.717) is 30.1 Å². The van der Waals surface area contributed by atoms with Crippen molar-refractivity contribution < 1.29 is 32.3 Å². The highest BCUT2D eigenvalue weighted by molar-refractivity contribution is 7.84. The van der Waals surface area contributed by atoms with Crippen LogP contribution in [-0.4, -0.2) is 68.0 Å². The summed E-state index contributed by atoms with van der Waals surface area (Å²) in [6.45, 7) is 2.24. The predicted molar refractivity (Wildman–Crippen MR) is 119 cm³/mol. The van der Waals surface area contributed by atoms with Gasteiger partial charge in [-0.25, -0.2) is 24.3 Å². The first-order valence-corrected chi connectivity index (χ1v) is 12.1. The van der Waals surface area contributed by atoms with E-state index in [1.807, 2.05) is 24.3 Å². The molecule has 1 aliphatic heterocycles. The van der Waals surface area contributed by atoms with Gasteiger partial charge >= 0.3 is 10.3 Å².